The molecule has 5 nitrogen and oxygen atoms in total. The molecule has 0 bridgehead atoms. The Bertz CT molecular complexity index is 980. The van der Waals surface area contributed by atoms with E-state index >= 15 is 0 Å². The quantitative estimate of drug-likeness (QED) is 0.591. The summed E-state index contributed by atoms with van der Waals surface area (Å²) < 4.78 is 21.9. The van der Waals surface area contributed by atoms with Gasteiger partial charge in [0.1, 0.15) is 5.03 Å². The summed E-state index contributed by atoms with van der Waals surface area (Å²) in [5.74, 6) is 2.68. The number of methoxy groups -OCH3 is 1. The minimum absolute atomic E-state index is 0.163. The first-order chi connectivity index (χ1) is 12.6. The van der Waals surface area contributed by atoms with E-state index < -0.39 is 0 Å². The second kappa shape index (κ2) is 6.94. The number of ether oxygens (including phenoxy) is 3. The highest BCUT2D eigenvalue weighted by molar-refractivity contribution is 6.50. The van der Waals surface area contributed by atoms with Gasteiger partial charge < -0.3 is 18.6 Å². The van der Waals surface area contributed by atoms with Crippen LogP contribution in [0.15, 0.2) is 47.0 Å². The van der Waals surface area contributed by atoms with E-state index in [0.29, 0.717) is 39.0 Å². The highest BCUT2D eigenvalue weighted by Gasteiger charge is 2.20. The normalized spacial score (nSPS) is 13.1. The smallest absolute Gasteiger partial charge is 0.238 e. The third-order valence-electron chi connectivity index (χ3n) is 3.81. The molecule has 0 saturated carbocycles. The van der Waals surface area contributed by atoms with E-state index in [9.17, 15) is 0 Å². The molecular formula is C19H13Cl2NO4. The van der Waals surface area contributed by atoms with Gasteiger partial charge in [-0.3, -0.25) is 0 Å². The van der Waals surface area contributed by atoms with Crippen LogP contribution in [0.4, 0.5) is 0 Å². The maximum absolute atomic E-state index is 6.38. The van der Waals surface area contributed by atoms with Crippen LogP contribution in [0.3, 0.4) is 0 Å². The molecule has 0 fully saturated rings. The van der Waals surface area contributed by atoms with Crippen LogP contribution in [0.2, 0.25) is 5.02 Å². The Kier molecular flexibility index (Phi) is 4.49. The van der Waals surface area contributed by atoms with Gasteiger partial charge in [0.05, 0.1) is 13.3 Å². The Labute approximate surface area is 159 Å². The molecule has 1 aliphatic rings. The van der Waals surface area contributed by atoms with Gasteiger partial charge in [0.25, 0.3) is 0 Å². The molecule has 1 aromatic heterocycles. The van der Waals surface area contributed by atoms with Gasteiger partial charge in [-0.15, -0.1) is 0 Å². The zero-order chi connectivity index (χ0) is 18.1. The molecule has 0 atom stereocenters. The van der Waals surface area contributed by atoms with Crippen LogP contribution in [-0.4, -0.2) is 18.9 Å². The lowest BCUT2D eigenvalue weighted by atomic mass is 10.1. The summed E-state index contributed by atoms with van der Waals surface area (Å²) in [6.07, 6.45) is 3.35. The molecule has 26 heavy (non-hydrogen) atoms. The number of hydrogen-bond acceptors (Lipinski definition) is 5. The lowest BCUT2D eigenvalue weighted by molar-refractivity contribution is 0.171. The van der Waals surface area contributed by atoms with E-state index in [-0.39, 0.29) is 6.79 Å². The zero-order valence-electron chi connectivity index (χ0n) is 13.7. The molecule has 1 aliphatic heterocycles. The number of nitrogens with zero attached hydrogens (tertiary/aromatic N) is 1. The van der Waals surface area contributed by atoms with Gasteiger partial charge in [0, 0.05) is 10.6 Å². The van der Waals surface area contributed by atoms with E-state index in [2.05, 4.69) is 4.98 Å². The molecule has 2 aromatic carbocycles. The standard InChI is InChI=1S/C19H13Cl2NO4/c1-23-15-7-11(8-16-18(15)25-10-24-16)6-14(21)19-22-9-17(26-19)12-2-4-13(20)5-3-12/h2-9H,10H2,1H3/b14-6-. The molecule has 0 saturated heterocycles. The summed E-state index contributed by atoms with van der Waals surface area (Å²) in [5, 5.41) is 1.01. The van der Waals surface area contributed by atoms with E-state index in [0.717, 1.165) is 11.1 Å². The van der Waals surface area contributed by atoms with E-state index in [4.69, 9.17) is 41.8 Å². The first-order valence-electron chi connectivity index (χ1n) is 7.71. The summed E-state index contributed by atoms with van der Waals surface area (Å²) >= 11 is 12.3. The van der Waals surface area contributed by atoms with Crippen molar-refractivity contribution in [1.29, 1.82) is 0 Å². The maximum Gasteiger partial charge on any atom is 0.238 e. The topological polar surface area (TPSA) is 53.7 Å². The molecule has 0 spiro atoms. The number of rotatable bonds is 4. The Morgan fingerprint density at radius 3 is 2.77 bits per heavy atom. The maximum atomic E-state index is 6.38. The van der Waals surface area contributed by atoms with Crippen molar-refractivity contribution in [2.24, 2.45) is 0 Å². The van der Waals surface area contributed by atoms with Crippen LogP contribution in [0.25, 0.3) is 22.4 Å². The van der Waals surface area contributed by atoms with Gasteiger partial charge in [-0.2, -0.15) is 0 Å². The van der Waals surface area contributed by atoms with Crippen molar-refractivity contribution in [1.82, 2.24) is 4.98 Å². The molecule has 2 heterocycles. The molecule has 0 N–H and O–H groups in total. The third kappa shape index (κ3) is 3.23. The Hall–Kier alpha value is -2.63. The van der Waals surface area contributed by atoms with Crippen molar-refractivity contribution in [3.05, 3.63) is 59.1 Å². The average Bonchev–Trinajstić information content (AvgIpc) is 3.31. The highest BCUT2D eigenvalue weighted by Crippen LogP contribution is 2.42. The number of hydrogen-bond donors (Lipinski definition) is 0. The van der Waals surface area contributed by atoms with Crippen LogP contribution in [-0.2, 0) is 0 Å². The Morgan fingerprint density at radius 1 is 1.19 bits per heavy atom. The van der Waals surface area contributed by atoms with Gasteiger partial charge in [0.15, 0.2) is 17.3 Å². The lowest BCUT2D eigenvalue weighted by Gasteiger charge is -2.06. The SMILES string of the molecule is COc1cc(/C=C(\Cl)c2ncc(-c3ccc(Cl)cc3)o2)cc2c1OCO2. The van der Waals surface area contributed by atoms with Gasteiger partial charge in [-0.1, -0.05) is 23.2 Å². The molecule has 7 heteroatoms. The van der Waals surface area contributed by atoms with Crippen molar-refractivity contribution < 1.29 is 18.6 Å². The number of aromatic nitrogens is 1. The molecule has 0 radical (unpaired) electrons. The van der Waals surface area contributed by atoms with Gasteiger partial charge in [-0.25, -0.2) is 4.98 Å². The lowest BCUT2D eigenvalue weighted by Crippen LogP contribution is -1.93. The van der Waals surface area contributed by atoms with Gasteiger partial charge in [-0.05, 0) is 48.0 Å². The number of fused-ring (bicyclic) bond motifs is 1. The van der Waals surface area contributed by atoms with Crippen molar-refractivity contribution >= 4 is 34.3 Å². The number of benzene rings is 2. The molecule has 0 unspecified atom stereocenters. The fourth-order valence-electron chi connectivity index (χ4n) is 2.57. The minimum atomic E-state index is 0.163. The van der Waals surface area contributed by atoms with Crippen LogP contribution < -0.4 is 14.2 Å². The second-order valence-corrected chi connectivity index (χ2v) is 6.33. The van der Waals surface area contributed by atoms with Gasteiger partial charge in [0.2, 0.25) is 18.4 Å². The van der Waals surface area contributed by atoms with Crippen LogP contribution in [0.5, 0.6) is 17.2 Å². The Balaban J connectivity index is 1.64. The summed E-state index contributed by atoms with van der Waals surface area (Å²) in [7, 11) is 1.57. The van der Waals surface area contributed by atoms with Crippen molar-refractivity contribution in [2.75, 3.05) is 13.9 Å². The van der Waals surface area contributed by atoms with E-state index in [1.807, 2.05) is 18.2 Å². The molecule has 0 aliphatic carbocycles. The van der Waals surface area contributed by atoms with Gasteiger partial charge >= 0.3 is 0 Å². The van der Waals surface area contributed by atoms with E-state index in [1.54, 1.807) is 37.6 Å². The highest BCUT2D eigenvalue weighted by atomic mass is 35.5. The monoisotopic (exact) mass is 389 g/mol. The average molecular weight is 390 g/mol. The summed E-state index contributed by atoms with van der Waals surface area (Å²) in [4.78, 5) is 4.24. The summed E-state index contributed by atoms with van der Waals surface area (Å²) in [6, 6.07) is 10.9. The fourth-order valence-corrected chi connectivity index (χ4v) is 2.91. The summed E-state index contributed by atoms with van der Waals surface area (Å²) in [5.41, 5.74) is 1.64. The van der Waals surface area contributed by atoms with Crippen LogP contribution >= 0.6 is 23.2 Å². The minimum Gasteiger partial charge on any atom is -0.493 e. The molecule has 132 valence electrons. The van der Waals surface area contributed by atoms with Crippen molar-refractivity contribution in [3.8, 4) is 28.6 Å². The number of oxazole rings is 1. The zero-order valence-corrected chi connectivity index (χ0v) is 15.2. The predicted octanol–water partition coefficient (Wildman–Crippen LogP) is 5.47. The first-order valence-corrected chi connectivity index (χ1v) is 8.46. The largest absolute Gasteiger partial charge is 0.493 e. The molecule has 4 rings (SSSR count). The Morgan fingerprint density at radius 2 is 2.00 bits per heavy atom. The van der Waals surface area contributed by atoms with Crippen LogP contribution in [0, 0.1) is 0 Å². The fraction of sp³-hybridized carbons (Fsp3) is 0.105. The predicted molar refractivity (Wildman–Crippen MR) is 99.8 cm³/mol. The molecular weight excluding hydrogens is 377 g/mol. The molecule has 3 aromatic rings. The van der Waals surface area contributed by atoms with Crippen molar-refractivity contribution in [2.45, 2.75) is 0 Å². The molecule has 0 amide bonds. The first kappa shape index (κ1) is 16.8. The van der Waals surface area contributed by atoms with E-state index in [1.165, 1.54) is 0 Å². The van der Waals surface area contributed by atoms with Crippen LogP contribution in [0.1, 0.15) is 11.5 Å². The second-order valence-electron chi connectivity index (χ2n) is 5.49. The van der Waals surface area contributed by atoms with Crippen molar-refractivity contribution in [3.63, 3.8) is 0 Å². The number of halogens is 2. The third-order valence-corrected chi connectivity index (χ3v) is 4.34. The summed E-state index contributed by atoms with van der Waals surface area (Å²) in [6.45, 7) is 0.163.